The van der Waals surface area contributed by atoms with Crippen molar-refractivity contribution in [3.63, 3.8) is 0 Å². The van der Waals surface area contributed by atoms with Crippen LogP contribution < -0.4 is 10.6 Å². The van der Waals surface area contributed by atoms with Gasteiger partial charge in [0, 0.05) is 45.2 Å². The zero-order chi connectivity index (χ0) is 20.5. The van der Waals surface area contributed by atoms with Gasteiger partial charge in [0.1, 0.15) is 0 Å². The van der Waals surface area contributed by atoms with E-state index < -0.39 is 0 Å². The lowest BCUT2D eigenvalue weighted by atomic mass is 10.1. The number of hydrogen-bond acceptors (Lipinski definition) is 3. The molecule has 1 aliphatic rings. The molecule has 2 N–H and O–H groups in total. The van der Waals surface area contributed by atoms with Gasteiger partial charge in [0.25, 0.3) is 0 Å². The number of hydrogen-bond donors (Lipinski definition) is 2. The van der Waals surface area contributed by atoms with Crippen LogP contribution in [-0.4, -0.2) is 60.9 Å². The summed E-state index contributed by atoms with van der Waals surface area (Å²) in [5.74, 6) is 1.08. The molecular weight excluding hydrogens is 477 g/mol. The highest BCUT2D eigenvalue weighted by atomic mass is 127. The van der Waals surface area contributed by atoms with Crippen molar-refractivity contribution in [2.75, 3.05) is 33.2 Å². The third-order valence-electron chi connectivity index (χ3n) is 5.34. The molecule has 29 heavy (non-hydrogen) atoms. The van der Waals surface area contributed by atoms with Crippen molar-refractivity contribution in [1.82, 2.24) is 20.4 Å². The molecule has 1 fully saturated rings. The summed E-state index contributed by atoms with van der Waals surface area (Å²) in [7, 11) is 1.79. The fourth-order valence-corrected chi connectivity index (χ4v) is 3.49. The molecule has 0 aliphatic carbocycles. The number of guanidine groups is 1. The van der Waals surface area contributed by atoms with Crippen molar-refractivity contribution in [3.8, 4) is 0 Å². The van der Waals surface area contributed by atoms with E-state index in [4.69, 9.17) is 0 Å². The van der Waals surface area contributed by atoms with Crippen molar-refractivity contribution >= 4 is 35.8 Å². The molecular formula is C22H38IN5O. The lowest BCUT2D eigenvalue weighted by Crippen LogP contribution is -2.45. The summed E-state index contributed by atoms with van der Waals surface area (Å²) in [6.07, 6.45) is 0.958. The van der Waals surface area contributed by atoms with Gasteiger partial charge in [-0.2, -0.15) is 0 Å². The SMILES string of the molecule is CCN(CC)Cc1ccc(CNC(=NC)NC2CCN(C(=O)C(C)C)C2)cc1.I. The van der Waals surface area contributed by atoms with Crippen LogP contribution in [0, 0.1) is 5.92 Å². The van der Waals surface area contributed by atoms with Crippen molar-refractivity contribution in [2.45, 2.75) is 53.2 Å². The molecule has 1 aliphatic heterocycles. The first-order valence-electron chi connectivity index (χ1n) is 10.5. The molecule has 6 nitrogen and oxygen atoms in total. The summed E-state index contributed by atoms with van der Waals surface area (Å²) in [6.45, 7) is 13.7. The zero-order valence-electron chi connectivity index (χ0n) is 18.6. The Bertz CT molecular complexity index is 643. The average Bonchev–Trinajstić information content (AvgIpc) is 3.17. The summed E-state index contributed by atoms with van der Waals surface area (Å²) in [5.41, 5.74) is 2.57. The number of benzene rings is 1. The van der Waals surface area contributed by atoms with Gasteiger partial charge in [-0.3, -0.25) is 14.7 Å². The first kappa shape index (κ1) is 25.7. The third-order valence-corrected chi connectivity index (χ3v) is 5.34. The second-order valence-electron chi connectivity index (χ2n) is 7.77. The van der Waals surface area contributed by atoms with Gasteiger partial charge in [-0.25, -0.2) is 0 Å². The predicted octanol–water partition coefficient (Wildman–Crippen LogP) is 3.07. The molecule has 0 bridgehead atoms. The number of halogens is 1. The maximum Gasteiger partial charge on any atom is 0.225 e. The van der Waals surface area contributed by atoms with E-state index in [0.717, 1.165) is 51.6 Å². The van der Waals surface area contributed by atoms with Crippen LogP contribution >= 0.6 is 24.0 Å². The number of aliphatic imine (C=N–C) groups is 1. The third kappa shape index (κ3) is 8.12. The van der Waals surface area contributed by atoms with E-state index in [9.17, 15) is 4.79 Å². The van der Waals surface area contributed by atoms with Crippen LogP contribution in [0.1, 0.15) is 45.2 Å². The summed E-state index contributed by atoms with van der Waals surface area (Å²) in [5, 5.41) is 6.84. The number of carbonyl (C=O) groups excluding carboxylic acids is 1. The molecule has 1 atom stereocenters. The second kappa shape index (κ2) is 13.1. The van der Waals surface area contributed by atoms with Gasteiger partial charge < -0.3 is 15.5 Å². The van der Waals surface area contributed by atoms with Crippen molar-refractivity contribution < 1.29 is 4.79 Å². The highest BCUT2D eigenvalue weighted by Gasteiger charge is 2.27. The first-order chi connectivity index (χ1) is 13.5. The highest BCUT2D eigenvalue weighted by molar-refractivity contribution is 14.0. The minimum Gasteiger partial charge on any atom is -0.352 e. The fourth-order valence-electron chi connectivity index (χ4n) is 3.49. The maximum absolute atomic E-state index is 12.1. The number of nitrogens with zero attached hydrogens (tertiary/aromatic N) is 3. The smallest absolute Gasteiger partial charge is 0.225 e. The van der Waals surface area contributed by atoms with Crippen LogP contribution in [0.3, 0.4) is 0 Å². The van der Waals surface area contributed by atoms with Gasteiger partial charge in [0.2, 0.25) is 5.91 Å². The highest BCUT2D eigenvalue weighted by Crippen LogP contribution is 2.13. The molecule has 1 aromatic carbocycles. The summed E-state index contributed by atoms with van der Waals surface area (Å²) in [6, 6.07) is 9.02. The minimum atomic E-state index is 0. The summed E-state index contributed by atoms with van der Waals surface area (Å²) >= 11 is 0. The first-order valence-corrected chi connectivity index (χ1v) is 10.5. The molecule has 1 unspecified atom stereocenters. The monoisotopic (exact) mass is 515 g/mol. The largest absolute Gasteiger partial charge is 0.352 e. The Hall–Kier alpha value is -1.35. The number of carbonyl (C=O) groups is 1. The van der Waals surface area contributed by atoms with E-state index >= 15 is 0 Å². The molecule has 0 radical (unpaired) electrons. The molecule has 1 saturated heterocycles. The van der Waals surface area contributed by atoms with Crippen LogP contribution in [-0.2, 0) is 17.9 Å². The molecule has 164 valence electrons. The molecule has 2 rings (SSSR count). The minimum absolute atomic E-state index is 0. The molecule has 0 aromatic heterocycles. The number of rotatable bonds is 8. The van der Waals surface area contributed by atoms with E-state index in [2.05, 4.69) is 58.6 Å². The lowest BCUT2D eigenvalue weighted by molar-refractivity contribution is -0.133. The van der Waals surface area contributed by atoms with Crippen molar-refractivity contribution in [3.05, 3.63) is 35.4 Å². The van der Waals surface area contributed by atoms with E-state index in [1.165, 1.54) is 11.1 Å². The van der Waals surface area contributed by atoms with E-state index in [0.29, 0.717) is 0 Å². The van der Waals surface area contributed by atoms with Crippen LogP contribution in [0.15, 0.2) is 29.3 Å². The van der Waals surface area contributed by atoms with E-state index in [1.54, 1.807) is 7.05 Å². The van der Waals surface area contributed by atoms with Gasteiger partial charge in [-0.05, 0) is 30.6 Å². The summed E-state index contributed by atoms with van der Waals surface area (Å²) < 4.78 is 0. The van der Waals surface area contributed by atoms with Crippen LogP contribution in [0.5, 0.6) is 0 Å². The fraction of sp³-hybridized carbons (Fsp3) is 0.636. The Kier molecular flexibility index (Phi) is 11.6. The number of likely N-dealkylation sites (tertiary alicyclic amines) is 1. The molecule has 1 heterocycles. The van der Waals surface area contributed by atoms with Gasteiger partial charge >= 0.3 is 0 Å². The maximum atomic E-state index is 12.1. The second-order valence-corrected chi connectivity index (χ2v) is 7.77. The molecule has 7 heteroatoms. The Morgan fingerprint density at radius 1 is 1.21 bits per heavy atom. The molecule has 0 saturated carbocycles. The van der Waals surface area contributed by atoms with Crippen molar-refractivity contribution in [2.24, 2.45) is 10.9 Å². The standard InChI is InChI=1S/C22H37N5O.HI/c1-6-26(7-2)15-19-10-8-18(9-11-19)14-24-22(23-5)25-20-12-13-27(16-20)21(28)17(3)4;/h8-11,17,20H,6-7,12-16H2,1-5H3,(H2,23,24,25);1H. The molecule has 1 amide bonds. The van der Waals surface area contributed by atoms with Gasteiger partial charge in [0.05, 0.1) is 0 Å². The Balaban J connectivity index is 0.00000420. The summed E-state index contributed by atoms with van der Waals surface area (Å²) in [4.78, 5) is 20.8. The van der Waals surface area contributed by atoms with Gasteiger partial charge in [-0.15, -0.1) is 24.0 Å². The van der Waals surface area contributed by atoms with E-state index in [-0.39, 0.29) is 41.8 Å². The lowest BCUT2D eigenvalue weighted by Gasteiger charge is -2.20. The Labute approximate surface area is 193 Å². The molecule has 1 aromatic rings. The number of amides is 1. The van der Waals surface area contributed by atoms with Gasteiger partial charge in [0.15, 0.2) is 5.96 Å². The van der Waals surface area contributed by atoms with Crippen LogP contribution in [0.2, 0.25) is 0 Å². The van der Waals surface area contributed by atoms with Crippen LogP contribution in [0.25, 0.3) is 0 Å². The van der Waals surface area contributed by atoms with E-state index in [1.807, 2.05) is 18.7 Å². The topological polar surface area (TPSA) is 60.0 Å². The van der Waals surface area contributed by atoms with Crippen LogP contribution in [0.4, 0.5) is 0 Å². The Morgan fingerprint density at radius 2 is 1.83 bits per heavy atom. The van der Waals surface area contributed by atoms with Gasteiger partial charge in [-0.1, -0.05) is 52.0 Å². The quantitative estimate of drug-likeness (QED) is 0.318. The number of nitrogens with one attached hydrogen (secondary N) is 2. The average molecular weight is 515 g/mol. The Morgan fingerprint density at radius 3 is 2.38 bits per heavy atom. The normalized spacial score (nSPS) is 16.9. The zero-order valence-corrected chi connectivity index (χ0v) is 20.9. The molecule has 0 spiro atoms. The predicted molar refractivity (Wildman–Crippen MR) is 132 cm³/mol. The van der Waals surface area contributed by atoms with Crippen molar-refractivity contribution in [1.29, 1.82) is 0 Å².